The second-order valence-corrected chi connectivity index (χ2v) is 14.0. The van der Waals surface area contributed by atoms with Crippen molar-refractivity contribution in [3.63, 3.8) is 0 Å². The molecule has 6 aliphatic rings. The molecule has 8 heteroatoms. The lowest BCUT2D eigenvalue weighted by Crippen LogP contribution is -2.60. The number of amides is 2. The van der Waals surface area contributed by atoms with E-state index in [1.165, 1.54) is 25.7 Å². The largest absolute Gasteiger partial charge is 0.392 e. The van der Waals surface area contributed by atoms with Gasteiger partial charge in [-0.1, -0.05) is 36.4 Å². The van der Waals surface area contributed by atoms with Gasteiger partial charge in [-0.2, -0.15) is 0 Å². The lowest BCUT2D eigenvalue weighted by atomic mass is 9.53. The number of urea groups is 1. The number of methoxy groups -OCH3 is 1. The molecule has 0 aromatic heterocycles. The molecule has 2 aliphatic heterocycles. The molecule has 2 aromatic carbocycles. The van der Waals surface area contributed by atoms with Gasteiger partial charge < -0.3 is 30.0 Å². The molecule has 0 unspecified atom stereocenters. The van der Waals surface area contributed by atoms with Gasteiger partial charge in [0, 0.05) is 42.9 Å². The normalized spacial score (nSPS) is 35.3. The van der Waals surface area contributed by atoms with E-state index in [2.05, 4.69) is 27.7 Å². The standard InChI is InChI=1S/C35H47N3O5/c1-41-22-30-3-2-12-38(30)20-31-16-32(27-6-4-23(21-39)5-7-27)43-33(42-31)28-8-10-29(11-9-28)36-34(40)37-35-17-24-13-25(18-35)15-26(14-24)19-35/h4-11,24-26,30-33,39H,2-3,12-22H2,1H3,(H2,36,37,40)/t24?,25?,26?,30-,31-,32+,33+,35?/m0/s1. The van der Waals surface area contributed by atoms with Gasteiger partial charge in [0.15, 0.2) is 6.29 Å². The zero-order valence-corrected chi connectivity index (χ0v) is 25.4. The first kappa shape index (κ1) is 29.2. The van der Waals surface area contributed by atoms with Crippen LogP contribution in [-0.4, -0.2) is 60.5 Å². The number of anilines is 1. The molecule has 2 aromatic rings. The van der Waals surface area contributed by atoms with Crippen LogP contribution in [0.3, 0.4) is 0 Å². The molecular formula is C35H47N3O5. The van der Waals surface area contributed by atoms with Crippen molar-refractivity contribution < 1.29 is 24.1 Å². The third kappa shape index (κ3) is 6.50. The Labute approximate surface area is 255 Å². The second kappa shape index (κ2) is 12.5. The Bertz CT molecular complexity index is 1220. The number of nitrogens with one attached hydrogen (secondary N) is 2. The number of carbonyl (C=O) groups is 1. The maximum absolute atomic E-state index is 13.1. The van der Waals surface area contributed by atoms with Crippen molar-refractivity contribution in [2.45, 2.75) is 94.5 Å². The number of ether oxygens (including phenoxy) is 3. The highest BCUT2D eigenvalue weighted by molar-refractivity contribution is 5.89. The number of benzene rings is 2. The van der Waals surface area contributed by atoms with E-state index in [1.807, 2.05) is 36.4 Å². The molecular weight excluding hydrogens is 542 g/mol. The van der Waals surface area contributed by atoms with Crippen molar-refractivity contribution >= 4 is 11.7 Å². The molecule has 4 saturated carbocycles. The number of carbonyl (C=O) groups excluding carboxylic acids is 1. The van der Waals surface area contributed by atoms with E-state index < -0.39 is 6.29 Å². The Morgan fingerprint density at radius 3 is 2.28 bits per heavy atom. The Morgan fingerprint density at radius 1 is 0.953 bits per heavy atom. The van der Waals surface area contributed by atoms with Crippen LogP contribution in [0.1, 0.15) is 86.9 Å². The van der Waals surface area contributed by atoms with E-state index in [9.17, 15) is 9.90 Å². The molecule has 2 amide bonds. The third-order valence-electron chi connectivity index (χ3n) is 10.8. The van der Waals surface area contributed by atoms with Gasteiger partial charge in [0.1, 0.15) is 0 Å². The fourth-order valence-electron chi connectivity index (χ4n) is 9.20. The van der Waals surface area contributed by atoms with Gasteiger partial charge in [-0.3, -0.25) is 4.90 Å². The molecule has 4 atom stereocenters. The first-order valence-electron chi connectivity index (χ1n) is 16.4. The molecule has 0 radical (unpaired) electrons. The Kier molecular flexibility index (Phi) is 8.49. The van der Waals surface area contributed by atoms with Gasteiger partial charge in [0.25, 0.3) is 0 Å². The summed E-state index contributed by atoms with van der Waals surface area (Å²) in [5.74, 6) is 2.37. The van der Waals surface area contributed by atoms with Gasteiger partial charge in [-0.05, 0) is 98.9 Å². The average Bonchev–Trinajstić information content (AvgIpc) is 3.43. The molecule has 232 valence electrons. The average molecular weight is 590 g/mol. The van der Waals surface area contributed by atoms with Crippen molar-refractivity contribution in [3.8, 4) is 0 Å². The summed E-state index contributed by atoms with van der Waals surface area (Å²) in [4.78, 5) is 15.6. The van der Waals surface area contributed by atoms with Crippen LogP contribution in [0.2, 0.25) is 0 Å². The van der Waals surface area contributed by atoms with Gasteiger partial charge in [-0.15, -0.1) is 0 Å². The molecule has 2 saturated heterocycles. The quantitative estimate of drug-likeness (QED) is 0.336. The molecule has 4 aliphatic carbocycles. The minimum Gasteiger partial charge on any atom is -0.392 e. The van der Waals surface area contributed by atoms with Crippen LogP contribution < -0.4 is 10.6 Å². The van der Waals surface area contributed by atoms with Crippen LogP contribution in [0.5, 0.6) is 0 Å². The third-order valence-corrected chi connectivity index (χ3v) is 10.8. The van der Waals surface area contributed by atoms with E-state index in [0.717, 1.165) is 91.9 Å². The highest BCUT2D eigenvalue weighted by Gasteiger charge is 2.51. The summed E-state index contributed by atoms with van der Waals surface area (Å²) in [6.07, 6.45) is 9.93. The summed E-state index contributed by atoms with van der Waals surface area (Å²) in [7, 11) is 1.77. The minimum absolute atomic E-state index is 0.00239. The Hall–Kier alpha value is -2.49. The molecule has 0 spiro atoms. The van der Waals surface area contributed by atoms with E-state index in [-0.39, 0.29) is 30.4 Å². The maximum atomic E-state index is 13.1. The first-order chi connectivity index (χ1) is 21.0. The number of hydrogen-bond donors (Lipinski definition) is 3. The highest BCUT2D eigenvalue weighted by Crippen LogP contribution is 2.55. The number of nitrogens with zero attached hydrogens (tertiary/aromatic N) is 1. The van der Waals surface area contributed by atoms with Gasteiger partial charge in [0.2, 0.25) is 0 Å². The minimum atomic E-state index is -0.514. The lowest BCUT2D eigenvalue weighted by molar-refractivity contribution is -0.253. The first-order valence-corrected chi connectivity index (χ1v) is 16.4. The van der Waals surface area contributed by atoms with Crippen LogP contribution in [0.4, 0.5) is 10.5 Å². The fourth-order valence-corrected chi connectivity index (χ4v) is 9.20. The number of likely N-dealkylation sites (tertiary alicyclic amines) is 1. The molecule has 43 heavy (non-hydrogen) atoms. The van der Waals surface area contributed by atoms with Gasteiger partial charge >= 0.3 is 6.03 Å². The monoisotopic (exact) mass is 589 g/mol. The fraction of sp³-hybridized carbons (Fsp3) is 0.629. The number of aliphatic hydroxyl groups is 1. The molecule has 8 rings (SSSR count). The second-order valence-electron chi connectivity index (χ2n) is 14.0. The van der Waals surface area contributed by atoms with Crippen LogP contribution >= 0.6 is 0 Å². The maximum Gasteiger partial charge on any atom is 0.319 e. The lowest BCUT2D eigenvalue weighted by Gasteiger charge is -2.56. The molecule has 8 nitrogen and oxygen atoms in total. The van der Waals surface area contributed by atoms with E-state index in [0.29, 0.717) is 6.04 Å². The SMILES string of the molecule is COC[C@@H]1CCCN1C[C@@H]1C[C@H](c2ccc(CO)cc2)O[C@H](c2ccc(NC(=O)NC34CC5CC(CC(C5)C3)C4)cc2)O1. The Balaban J connectivity index is 1.02. The van der Waals surface area contributed by atoms with Crippen molar-refractivity contribution in [1.29, 1.82) is 0 Å². The summed E-state index contributed by atoms with van der Waals surface area (Å²) in [6.45, 7) is 2.66. The number of rotatable bonds is 9. The number of aliphatic hydroxyl groups excluding tert-OH is 1. The van der Waals surface area contributed by atoms with Gasteiger partial charge in [0.05, 0.1) is 25.4 Å². The Morgan fingerprint density at radius 2 is 1.63 bits per heavy atom. The van der Waals surface area contributed by atoms with Crippen LogP contribution in [0.25, 0.3) is 0 Å². The van der Waals surface area contributed by atoms with Crippen molar-refractivity contribution in [3.05, 3.63) is 65.2 Å². The van der Waals surface area contributed by atoms with E-state index in [4.69, 9.17) is 14.2 Å². The predicted molar refractivity (Wildman–Crippen MR) is 164 cm³/mol. The smallest absolute Gasteiger partial charge is 0.319 e. The highest BCUT2D eigenvalue weighted by atomic mass is 16.7. The van der Waals surface area contributed by atoms with E-state index in [1.54, 1.807) is 7.11 Å². The summed E-state index contributed by atoms with van der Waals surface area (Å²) in [6, 6.07) is 16.3. The van der Waals surface area contributed by atoms with Crippen LogP contribution in [0, 0.1) is 17.8 Å². The summed E-state index contributed by atoms with van der Waals surface area (Å²) in [5, 5.41) is 16.0. The summed E-state index contributed by atoms with van der Waals surface area (Å²) < 4.78 is 18.6. The molecule has 4 bridgehead atoms. The summed E-state index contributed by atoms with van der Waals surface area (Å²) in [5.41, 5.74) is 3.67. The molecule has 6 fully saturated rings. The number of hydrogen-bond acceptors (Lipinski definition) is 6. The zero-order chi connectivity index (χ0) is 29.4. The van der Waals surface area contributed by atoms with Crippen LogP contribution in [-0.2, 0) is 20.8 Å². The van der Waals surface area contributed by atoms with Crippen molar-refractivity contribution in [1.82, 2.24) is 10.2 Å². The molecule has 2 heterocycles. The van der Waals surface area contributed by atoms with Crippen molar-refractivity contribution in [2.24, 2.45) is 17.8 Å². The molecule has 3 N–H and O–H groups in total. The van der Waals surface area contributed by atoms with Crippen LogP contribution in [0.15, 0.2) is 48.5 Å². The zero-order valence-electron chi connectivity index (χ0n) is 25.4. The van der Waals surface area contributed by atoms with Gasteiger partial charge in [-0.25, -0.2) is 4.79 Å². The van der Waals surface area contributed by atoms with E-state index >= 15 is 0 Å². The topological polar surface area (TPSA) is 92.3 Å². The van der Waals surface area contributed by atoms with Crippen molar-refractivity contribution in [2.75, 3.05) is 32.1 Å². The summed E-state index contributed by atoms with van der Waals surface area (Å²) >= 11 is 0. The predicted octanol–water partition coefficient (Wildman–Crippen LogP) is 5.93.